The van der Waals surface area contributed by atoms with Crippen molar-refractivity contribution in [2.24, 2.45) is 0 Å². The van der Waals surface area contributed by atoms with Crippen LogP contribution in [-0.4, -0.2) is 43.3 Å². The molecule has 1 aliphatic heterocycles. The van der Waals surface area contributed by atoms with E-state index in [1.54, 1.807) is 11.2 Å². The summed E-state index contributed by atoms with van der Waals surface area (Å²) in [6, 6.07) is 2.63. The van der Waals surface area contributed by atoms with Gasteiger partial charge in [0.15, 0.2) is 5.82 Å². The smallest absolute Gasteiger partial charge is 0.371 e. The third-order valence-electron chi connectivity index (χ3n) is 3.21. The highest BCUT2D eigenvalue weighted by atomic mass is 16.4. The van der Waals surface area contributed by atoms with Crippen molar-refractivity contribution in [2.75, 3.05) is 6.54 Å². The number of aromatic nitrogens is 3. The lowest BCUT2D eigenvalue weighted by Gasteiger charge is -2.26. The average Bonchev–Trinajstić information content (AvgIpc) is 3.12. The lowest BCUT2D eigenvalue weighted by molar-refractivity contribution is 0.0660. The maximum absolute atomic E-state index is 12.0. The van der Waals surface area contributed by atoms with Crippen molar-refractivity contribution < 1.29 is 19.1 Å². The van der Waals surface area contributed by atoms with E-state index in [9.17, 15) is 9.59 Å². The molecule has 0 saturated heterocycles. The number of hydrogen-bond donors (Lipinski definition) is 2. The number of carbonyl (C=O) groups is 2. The van der Waals surface area contributed by atoms with Gasteiger partial charge < -0.3 is 24.3 Å². The second kappa shape index (κ2) is 5.27. The summed E-state index contributed by atoms with van der Waals surface area (Å²) in [5.41, 5.74) is 0. The van der Waals surface area contributed by atoms with Crippen LogP contribution in [0.5, 0.6) is 0 Å². The number of carbonyl (C=O) groups excluding carboxylic acids is 1. The minimum Gasteiger partial charge on any atom is -0.475 e. The number of amides is 2. The number of nitrogens with zero attached hydrogens (tertiary/aromatic N) is 4. The molecular formula is C12H13N5O4. The van der Waals surface area contributed by atoms with Gasteiger partial charge in [-0.05, 0) is 12.1 Å². The molecule has 0 fully saturated rings. The Morgan fingerprint density at radius 3 is 3.00 bits per heavy atom. The van der Waals surface area contributed by atoms with Gasteiger partial charge in [0, 0.05) is 13.1 Å². The normalized spacial score (nSPS) is 13.8. The van der Waals surface area contributed by atoms with Crippen LogP contribution in [0.4, 0.5) is 4.79 Å². The lowest BCUT2D eigenvalue weighted by atomic mass is 10.3. The highest BCUT2D eigenvalue weighted by Crippen LogP contribution is 2.10. The molecule has 0 unspecified atom stereocenters. The molecule has 0 aliphatic carbocycles. The van der Waals surface area contributed by atoms with Crippen molar-refractivity contribution in [1.82, 2.24) is 25.0 Å². The Kier molecular flexibility index (Phi) is 3.30. The maximum atomic E-state index is 12.0. The Bertz CT molecular complexity index is 677. The molecule has 21 heavy (non-hydrogen) atoms. The van der Waals surface area contributed by atoms with Crippen LogP contribution in [0, 0.1) is 0 Å². The Hall–Kier alpha value is -2.84. The van der Waals surface area contributed by atoms with Gasteiger partial charge in [0.25, 0.3) is 0 Å². The Balaban J connectivity index is 1.56. The third-order valence-corrected chi connectivity index (χ3v) is 3.21. The summed E-state index contributed by atoms with van der Waals surface area (Å²) in [6.07, 6.45) is 1.64. The van der Waals surface area contributed by atoms with Gasteiger partial charge in [-0.2, -0.15) is 0 Å². The number of furan rings is 1. The number of hydrogen-bond acceptors (Lipinski definition) is 5. The summed E-state index contributed by atoms with van der Waals surface area (Å²) < 4.78 is 6.97. The number of nitrogens with one attached hydrogen (secondary N) is 1. The molecule has 110 valence electrons. The molecule has 0 saturated carbocycles. The van der Waals surface area contributed by atoms with Crippen molar-refractivity contribution in [2.45, 2.75) is 19.6 Å². The summed E-state index contributed by atoms with van der Waals surface area (Å²) in [4.78, 5) is 24.3. The first kappa shape index (κ1) is 13.2. The van der Waals surface area contributed by atoms with Gasteiger partial charge in [-0.25, -0.2) is 9.59 Å². The van der Waals surface area contributed by atoms with E-state index < -0.39 is 5.97 Å². The van der Waals surface area contributed by atoms with Gasteiger partial charge in [-0.1, -0.05) is 0 Å². The van der Waals surface area contributed by atoms with E-state index >= 15 is 0 Å². The second-order valence-electron chi connectivity index (χ2n) is 4.59. The zero-order valence-corrected chi connectivity index (χ0v) is 11.0. The second-order valence-corrected chi connectivity index (χ2v) is 4.59. The first-order valence-corrected chi connectivity index (χ1v) is 6.35. The Morgan fingerprint density at radius 2 is 2.24 bits per heavy atom. The number of aromatic carboxylic acids is 1. The van der Waals surface area contributed by atoms with Crippen LogP contribution in [0.3, 0.4) is 0 Å². The van der Waals surface area contributed by atoms with Crippen LogP contribution in [0.2, 0.25) is 0 Å². The van der Waals surface area contributed by atoms with Gasteiger partial charge >= 0.3 is 12.0 Å². The largest absolute Gasteiger partial charge is 0.475 e. The van der Waals surface area contributed by atoms with E-state index in [4.69, 9.17) is 9.52 Å². The van der Waals surface area contributed by atoms with E-state index in [2.05, 4.69) is 15.5 Å². The summed E-state index contributed by atoms with van der Waals surface area (Å²) in [6.45, 7) is 1.74. The summed E-state index contributed by atoms with van der Waals surface area (Å²) in [5.74, 6) is -0.156. The SMILES string of the molecule is O=C(O)c1ccc(CNC(=O)N2CCn3cnnc3C2)o1. The summed E-state index contributed by atoms with van der Waals surface area (Å²) in [5, 5.41) is 19.2. The molecule has 0 spiro atoms. The molecule has 2 aromatic heterocycles. The predicted molar refractivity (Wildman–Crippen MR) is 68.3 cm³/mol. The first-order chi connectivity index (χ1) is 10.1. The number of rotatable bonds is 3. The highest BCUT2D eigenvalue weighted by molar-refractivity contribution is 5.84. The predicted octanol–water partition coefficient (Wildman–Crippen LogP) is 0.295. The van der Waals surface area contributed by atoms with Crippen LogP contribution >= 0.6 is 0 Å². The van der Waals surface area contributed by atoms with Crippen LogP contribution < -0.4 is 5.32 Å². The van der Waals surface area contributed by atoms with Crippen molar-refractivity contribution in [3.05, 3.63) is 35.8 Å². The van der Waals surface area contributed by atoms with E-state index in [0.717, 1.165) is 5.82 Å². The molecule has 0 radical (unpaired) electrons. The molecule has 2 amide bonds. The van der Waals surface area contributed by atoms with Gasteiger partial charge in [-0.3, -0.25) is 0 Å². The van der Waals surface area contributed by atoms with Crippen LogP contribution in [-0.2, 0) is 19.6 Å². The minimum atomic E-state index is -1.14. The van der Waals surface area contributed by atoms with Gasteiger partial charge in [0.05, 0.1) is 13.1 Å². The molecule has 3 rings (SSSR count). The summed E-state index contributed by atoms with van der Waals surface area (Å²) in [7, 11) is 0. The zero-order valence-electron chi connectivity index (χ0n) is 11.0. The monoisotopic (exact) mass is 291 g/mol. The van der Waals surface area contributed by atoms with Crippen LogP contribution in [0.15, 0.2) is 22.9 Å². The number of fused-ring (bicyclic) bond motifs is 1. The topological polar surface area (TPSA) is 113 Å². The van der Waals surface area contributed by atoms with Crippen molar-refractivity contribution in [3.63, 3.8) is 0 Å². The van der Waals surface area contributed by atoms with Gasteiger partial charge in [0.2, 0.25) is 5.76 Å². The number of carboxylic acids is 1. The third kappa shape index (κ3) is 2.71. The molecular weight excluding hydrogens is 278 g/mol. The molecule has 3 heterocycles. The average molecular weight is 291 g/mol. The Morgan fingerprint density at radius 1 is 1.38 bits per heavy atom. The molecule has 0 aromatic carbocycles. The number of carboxylic acid groups (broad SMARTS) is 1. The molecule has 1 aliphatic rings. The maximum Gasteiger partial charge on any atom is 0.371 e. The van der Waals surface area contributed by atoms with Crippen LogP contribution in [0.1, 0.15) is 22.1 Å². The number of urea groups is 1. The lowest BCUT2D eigenvalue weighted by Crippen LogP contribution is -2.43. The minimum absolute atomic E-state index is 0.134. The molecule has 0 bridgehead atoms. The van der Waals surface area contributed by atoms with Crippen molar-refractivity contribution in [1.29, 1.82) is 0 Å². The Labute approximate surface area is 119 Å². The highest BCUT2D eigenvalue weighted by Gasteiger charge is 2.21. The van der Waals surface area contributed by atoms with Gasteiger partial charge in [-0.15, -0.1) is 10.2 Å². The van der Waals surface area contributed by atoms with Crippen molar-refractivity contribution >= 4 is 12.0 Å². The zero-order chi connectivity index (χ0) is 14.8. The fourth-order valence-electron chi connectivity index (χ4n) is 2.10. The fraction of sp³-hybridized carbons (Fsp3) is 0.333. The fourth-order valence-corrected chi connectivity index (χ4v) is 2.10. The quantitative estimate of drug-likeness (QED) is 0.840. The molecule has 2 aromatic rings. The van der Waals surface area contributed by atoms with E-state index in [-0.39, 0.29) is 18.3 Å². The van der Waals surface area contributed by atoms with E-state index in [1.165, 1.54) is 12.1 Å². The van der Waals surface area contributed by atoms with Crippen molar-refractivity contribution in [3.8, 4) is 0 Å². The summed E-state index contributed by atoms with van der Waals surface area (Å²) >= 11 is 0. The molecule has 0 atom stereocenters. The molecule has 2 N–H and O–H groups in total. The molecule has 9 heteroatoms. The van der Waals surface area contributed by atoms with Crippen LogP contribution in [0.25, 0.3) is 0 Å². The van der Waals surface area contributed by atoms with E-state index in [1.807, 2.05) is 4.57 Å². The molecule has 9 nitrogen and oxygen atoms in total. The van der Waals surface area contributed by atoms with E-state index in [0.29, 0.717) is 25.4 Å². The first-order valence-electron chi connectivity index (χ1n) is 6.35. The standard InChI is InChI=1S/C12H13N5O4/c18-11(19)9-2-1-8(21-9)5-13-12(20)16-3-4-17-7-14-15-10(17)6-16/h1-2,7H,3-6H2,(H,13,20)(H,18,19). The van der Waals surface area contributed by atoms with Gasteiger partial charge in [0.1, 0.15) is 12.1 Å².